The molecule has 2 atom stereocenters. The molecule has 1 fully saturated rings. The van der Waals surface area contributed by atoms with Gasteiger partial charge in [0.05, 0.1) is 0 Å². The number of rotatable bonds is 2. The van der Waals surface area contributed by atoms with Gasteiger partial charge in [0.2, 0.25) is 0 Å². The zero-order chi connectivity index (χ0) is 12.5. The molecule has 94 valence electrons. The molecule has 2 rings (SSSR count). The van der Waals surface area contributed by atoms with E-state index in [2.05, 4.69) is 6.92 Å². The van der Waals surface area contributed by atoms with Gasteiger partial charge in [-0.05, 0) is 48.9 Å². The van der Waals surface area contributed by atoms with Gasteiger partial charge in [-0.3, -0.25) is 0 Å². The number of hydrogen-bond acceptors (Lipinski definition) is 1. The van der Waals surface area contributed by atoms with Crippen molar-refractivity contribution in [1.82, 2.24) is 0 Å². The molecular formula is C15H22FN. The van der Waals surface area contributed by atoms with Crippen LogP contribution in [0.4, 0.5) is 4.39 Å². The summed E-state index contributed by atoms with van der Waals surface area (Å²) in [6.07, 6.45) is 5.73. The molecule has 1 aromatic carbocycles. The molecule has 0 spiro atoms. The van der Waals surface area contributed by atoms with E-state index in [1.54, 1.807) is 6.07 Å². The first kappa shape index (κ1) is 12.6. The summed E-state index contributed by atoms with van der Waals surface area (Å²) in [5.41, 5.74) is 8.46. The summed E-state index contributed by atoms with van der Waals surface area (Å²) in [5.74, 6) is 0.552. The Morgan fingerprint density at radius 1 is 1.47 bits per heavy atom. The molecule has 1 nitrogen and oxygen atoms in total. The highest BCUT2D eigenvalue weighted by Gasteiger charge is 2.34. The molecule has 17 heavy (non-hydrogen) atoms. The largest absolute Gasteiger partial charge is 0.321 e. The maximum absolute atomic E-state index is 13.1. The van der Waals surface area contributed by atoms with Crippen LogP contribution in [0.3, 0.4) is 0 Å². The van der Waals surface area contributed by atoms with Crippen LogP contribution >= 0.6 is 0 Å². The van der Waals surface area contributed by atoms with Crippen molar-refractivity contribution in [3.8, 4) is 0 Å². The maximum atomic E-state index is 13.1. The van der Waals surface area contributed by atoms with Crippen LogP contribution in [0.2, 0.25) is 0 Å². The average molecular weight is 235 g/mol. The van der Waals surface area contributed by atoms with E-state index in [9.17, 15) is 4.39 Å². The third kappa shape index (κ3) is 2.52. The van der Waals surface area contributed by atoms with Crippen LogP contribution in [0.25, 0.3) is 0 Å². The number of hydrogen-bond donors (Lipinski definition) is 1. The Hall–Kier alpha value is -0.890. The standard InChI is InChI=1S/C15H22FN/c1-3-12-5-4-8-15(17,10-12)14-7-6-13(16)9-11(14)2/h6-7,9,12H,3-5,8,10,17H2,1-2H3. The highest BCUT2D eigenvalue weighted by molar-refractivity contribution is 5.33. The summed E-state index contributed by atoms with van der Waals surface area (Å²) in [7, 11) is 0. The van der Waals surface area contributed by atoms with Gasteiger partial charge < -0.3 is 5.73 Å². The number of benzene rings is 1. The minimum Gasteiger partial charge on any atom is -0.321 e. The lowest BCUT2D eigenvalue weighted by atomic mass is 9.71. The number of halogens is 1. The first-order chi connectivity index (χ1) is 8.05. The van der Waals surface area contributed by atoms with Crippen molar-refractivity contribution in [1.29, 1.82) is 0 Å². The van der Waals surface area contributed by atoms with Crippen molar-refractivity contribution in [3.63, 3.8) is 0 Å². The van der Waals surface area contributed by atoms with E-state index >= 15 is 0 Å². The molecule has 1 aliphatic carbocycles. The molecule has 1 aromatic rings. The van der Waals surface area contributed by atoms with Crippen LogP contribution < -0.4 is 5.73 Å². The van der Waals surface area contributed by atoms with Crippen LogP contribution in [-0.2, 0) is 5.54 Å². The monoisotopic (exact) mass is 235 g/mol. The van der Waals surface area contributed by atoms with E-state index in [-0.39, 0.29) is 11.4 Å². The van der Waals surface area contributed by atoms with E-state index in [1.807, 2.05) is 13.0 Å². The number of aryl methyl sites for hydroxylation is 1. The Kier molecular flexibility index (Phi) is 3.53. The molecule has 0 aromatic heterocycles. The van der Waals surface area contributed by atoms with Crippen molar-refractivity contribution < 1.29 is 4.39 Å². The summed E-state index contributed by atoms with van der Waals surface area (Å²) >= 11 is 0. The van der Waals surface area contributed by atoms with Gasteiger partial charge in [0, 0.05) is 5.54 Å². The molecule has 0 radical (unpaired) electrons. The molecule has 0 bridgehead atoms. The first-order valence-corrected chi connectivity index (χ1v) is 6.60. The fraction of sp³-hybridized carbons (Fsp3) is 0.600. The lowest BCUT2D eigenvalue weighted by molar-refractivity contribution is 0.220. The van der Waals surface area contributed by atoms with Crippen LogP contribution in [-0.4, -0.2) is 0 Å². The Morgan fingerprint density at radius 3 is 2.88 bits per heavy atom. The molecule has 0 heterocycles. The van der Waals surface area contributed by atoms with Gasteiger partial charge in [-0.2, -0.15) is 0 Å². The van der Waals surface area contributed by atoms with Crippen molar-refractivity contribution in [2.45, 2.75) is 51.5 Å². The van der Waals surface area contributed by atoms with Crippen molar-refractivity contribution >= 4 is 0 Å². The summed E-state index contributed by atoms with van der Waals surface area (Å²) in [5, 5.41) is 0. The van der Waals surface area contributed by atoms with E-state index in [0.29, 0.717) is 0 Å². The lowest BCUT2D eigenvalue weighted by Gasteiger charge is -2.39. The summed E-state index contributed by atoms with van der Waals surface area (Å²) in [4.78, 5) is 0. The third-order valence-corrected chi connectivity index (χ3v) is 4.19. The van der Waals surface area contributed by atoms with Gasteiger partial charge in [-0.25, -0.2) is 4.39 Å². The lowest BCUT2D eigenvalue weighted by Crippen LogP contribution is -2.42. The molecule has 2 heteroatoms. The Balaban J connectivity index is 2.30. The molecule has 0 aliphatic heterocycles. The normalized spacial score (nSPS) is 29.3. The molecule has 2 N–H and O–H groups in total. The molecular weight excluding hydrogens is 213 g/mol. The zero-order valence-corrected chi connectivity index (χ0v) is 10.8. The second-order valence-corrected chi connectivity index (χ2v) is 5.49. The predicted octanol–water partition coefficient (Wildman–Crippen LogP) is 3.89. The molecule has 0 saturated heterocycles. The highest BCUT2D eigenvalue weighted by Crippen LogP contribution is 2.40. The Bertz CT molecular complexity index is 402. The van der Waals surface area contributed by atoms with Gasteiger partial charge in [-0.1, -0.05) is 32.3 Å². The van der Waals surface area contributed by atoms with Crippen LogP contribution in [0.5, 0.6) is 0 Å². The second-order valence-electron chi connectivity index (χ2n) is 5.49. The Labute approximate surface area is 103 Å². The third-order valence-electron chi connectivity index (χ3n) is 4.19. The van der Waals surface area contributed by atoms with Gasteiger partial charge in [0.1, 0.15) is 5.82 Å². The van der Waals surface area contributed by atoms with E-state index < -0.39 is 0 Å². The minimum absolute atomic E-state index is 0.169. The molecule has 0 amide bonds. The van der Waals surface area contributed by atoms with Crippen molar-refractivity contribution in [3.05, 3.63) is 35.1 Å². The average Bonchev–Trinajstić information content (AvgIpc) is 2.28. The summed E-state index contributed by atoms with van der Waals surface area (Å²) in [6.45, 7) is 4.19. The molecule has 1 saturated carbocycles. The van der Waals surface area contributed by atoms with Crippen molar-refractivity contribution in [2.24, 2.45) is 11.7 Å². The highest BCUT2D eigenvalue weighted by atomic mass is 19.1. The quantitative estimate of drug-likeness (QED) is 0.827. The summed E-state index contributed by atoms with van der Waals surface area (Å²) in [6, 6.07) is 5.01. The number of nitrogens with two attached hydrogens (primary N) is 1. The first-order valence-electron chi connectivity index (χ1n) is 6.60. The fourth-order valence-corrected chi connectivity index (χ4v) is 3.20. The van der Waals surface area contributed by atoms with Gasteiger partial charge in [0.15, 0.2) is 0 Å². The SMILES string of the molecule is CCC1CCCC(N)(c2ccc(F)cc2C)C1. The fourth-order valence-electron chi connectivity index (χ4n) is 3.20. The topological polar surface area (TPSA) is 26.0 Å². The van der Waals surface area contributed by atoms with E-state index in [0.717, 1.165) is 29.9 Å². The van der Waals surface area contributed by atoms with Gasteiger partial charge in [0.25, 0.3) is 0 Å². The molecule has 2 unspecified atom stereocenters. The smallest absolute Gasteiger partial charge is 0.123 e. The van der Waals surface area contributed by atoms with Crippen LogP contribution in [0, 0.1) is 18.7 Å². The van der Waals surface area contributed by atoms with E-state index in [4.69, 9.17) is 5.73 Å². The predicted molar refractivity (Wildman–Crippen MR) is 69.3 cm³/mol. The molecule has 1 aliphatic rings. The maximum Gasteiger partial charge on any atom is 0.123 e. The summed E-state index contributed by atoms with van der Waals surface area (Å²) < 4.78 is 13.1. The van der Waals surface area contributed by atoms with Crippen LogP contribution in [0.1, 0.15) is 50.2 Å². The van der Waals surface area contributed by atoms with Gasteiger partial charge >= 0.3 is 0 Å². The minimum atomic E-state index is -0.239. The zero-order valence-electron chi connectivity index (χ0n) is 10.8. The van der Waals surface area contributed by atoms with Gasteiger partial charge in [-0.15, -0.1) is 0 Å². The van der Waals surface area contributed by atoms with Crippen molar-refractivity contribution in [2.75, 3.05) is 0 Å². The van der Waals surface area contributed by atoms with Crippen LogP contribution in [0.15, 0.2) is 18.2 Å². The Morgan fingerprint density at radius 2 is 2.24 bits per heavy atom. The second kappa shape index (κ2) is 4.77. The van der Waals surface area contributed by atoms with E-state index in [1.165, 1.54) is 25.3 Å².